The van der Waals surface area contributed by atoms with Crippen LogP contribution in [0.15, 0.2) is 35.2 Å². The molecule has 1 atom stereocenters. The highest BCUT2D eigenvalue weighted by molar-refractivity contribution is 7.92. The quantitative estimate of drug-likeness (QED) is 0.699. The standard InChI is InChI=1S/C10H10O4S/c11-10-9(6-7-14-10)15(12,13)8-4-2-1-3-5-8/h1-5,9H,6-7H2/t9-/m0/s1. The van der Waals surface area contributed by atoms with E-state index in [4.69, 9.17) is 0 Å². The molecule has 1 aliphatic rings. The lowest BCUT2D eigenvalue weighted by atomic mass is 10.4. The molecule has 0 aliphatic carbocycles. The highest BCUT2D eigenvalue weighted by Gasteiger charge is 2.39. The molecular formula is C10H10O4S. The molecule has 0 bridgehead atoms. The van der Waals surface area contributed by atoms with Crippen molar-refractivity contribution in [2.24, 2.45) is 0 Å². The van der Waals surface area contributed by atoms with Crippen molar-refractivity contribution in [1.82, 2.24) is 0 Å². The first-order valence-electron chi connectivity index (χ1n) is 4.58. The minimum Gasteiger partial charge on any atom is -0.465 e. The third-order valence-corrected chi connectivity index (χ3v) is 4.44. The summed E-state index contributed by atoms with van der Waals surface area (Å²) in [5, 5.41) is -1.03. The van der Waals surface area contributed by atoms with Crippen molar-refractivity contribution >= 4 is 15.8 Å². The normalized spacial score (nSPS) is 21.3. The average Bonchev–Trinajstić information content (AvgIpc) is 2.66. The molecule has 1 aromatic rings. The Kier molecular flexibility index (Phi) is 2.48. The van der Waals surface area contributed by atoms with E-state index in [1.54, 1.807) is 18.2 Å². The van der Waals surface area contributed by atoms with Crippen molar-refractivity contribution in [2.45, 2.75) is 16.6 Å². The first-order chi connectivity index (χ1) is 7.12. The van der Waals surface area contributed by atoms with Crippen LogP contribution in [-0.2, 0) is 19.4 Å². The molecule has 0 saturated carbocycles. The summed E-state index contributed by atoms with van der Waals surface area (Å²) in [4.78, 5) is 11.4. The number of ether oxygens (including phenoxy) is 1. The highest BCUT2D eigenvalue weighted by Crippen LogP contribution is 2.22. The van der Waals surface area contributed by atoms with Crippen molar-refractivity contribution in [1.29, 1.82) is 0 Å². The van der Waals surface area contributed by atoms with Gasteiger partial charge < -0.3 is 4.74 Å². The average molecular weight is 226 g/mol. The maximum atomic E-state index is 11.9. The Balaban J connectivity index is 2.40. The first kappa shape index (κ1) is 10.2. The Bertz CT molecular complexity index is 463. The van der Waals surface area contributed by atoms with Crippen LogP contribution in [0, 0.1) is 0 Å². The van der Waals surface area contributed by atoms with Gasteiger partial charge in [0.15, 0.2) is 15.1 Å². The summed E-state index contributed by atoms with van der Waals surface area (Å²) in [7, 11) is -3.56. The monoisotopic (exact) mass is 226 g/mol. The van der Waals surface area contributed by atoms with Gasteiger partial charge in [-0.05, 0) is 12.1 Å². The molecule has 0 radical (unpaired) electrons. The number of benzene rings is 1. The molecule has 1 fully saturated rings. The van der Waals surface area contributed by atoms with Crippen molar-refractivity contribution in [3.8, 4) is 0 Å². The summed E-state index contributed by atoms with van der Waals surface area (Å²) in [5.74, 6) is -0.640. The molecule has 0 unspecified atom stereocenters. The Morgan fingerprint density at radius 3 is 2.40 bits per heavy atom. The van der Waals surface area contributed by atoms with Gasteiger partial charge in [0.2, 0.25) is 0 Å². The summed E-state index contributed by atoms with van der Waals surface area (Å²) in [5.41, 5.74) is 0. The topological polar surface area (TPSA) is 60.4 Å². The molecular weight excluding hydrogens is 216 g/mol. The van der Waals surface area contributed by atoms with Crippen molar-refractivity contribution in [3.63, 3.8) is 0 Å². The molecule has 0 amide bonds. The maximum absolute atomic E-state index is 11.9. The fourth-order valence-electron chi connectivity index (χ4n) is 1.53. The van der Waals surface area contributed by atoms with E-state index in [1.165, 1.54) is 12.1 Å². The van der Waals surface area contributed by atoms with Crippen LogP contribution in [0.5, 0.6) is 0 Å². The van der Waals surface area contributed by atoms with Gasteiger partial charge in [-0.25, -0.2) is 8.42 Å². The van der Waals surface area contributed by atoms with E-state index >= 15 is 0 Å². The Hall–Kier alpha value is -1.36. The number of carbonyl (C=O) groups is 1. The van der Waals surface area contributed by atoms with Crippen LogP contribution in [-0.4, -0.2) is 26.2 Å². The third kappa shape index (κ3) is 1.74. The number of carbonyl (C=O) groups excluding carboxylic acids is 1. The van der Waals surface area contributed by atoms with E-state index in [1.807, 2.05) is 0 Å². The first-order valence-corrected chi connectivity index (χ1v) is 6.12. The lowest BCUT2D eigenvalue weighted by molar-refractivity contribution is -0.137. The van der Waals surface area contributed by atoms with Gasteiger partial charge in [0.1, 0.15) is 0 Å². The van der Waals surface area contributed by atoms with E-state index in [2.05, 4.69) is 4.74 Å². The Morgan fingerprint density at radius 2 is 1.87 bits per heavy atom. The SMILES string of the molecule is O=C1OCC[C@@H]1S(=O)(=O)c1ccccc1. The summed E-state index contributed by atoms with van der Waals surface area (Å²) >= 11 is 0. The molecule has 5 heteroatoms. The smallest absolute Gasteiger partial charge is 0.324 e. The molecule has 2 rings (SSSR count). The van der Waals surface area contributed by atoms with Crippen LogP contribution in [0.2, 0.25) is 0 Å². The number of hydrogen-bond acceptors (Lipinski definition) is 4. The van der Waals surface area contributed by atoms with Gasteiger partial charge in [0, 0.05) is 6.42 Å². The van der Waals surface area contributed by atoms with Crippen molar-refractivity contribution in [2.75, 3.05) is 6.61 Å². The molecule has 4 nitrogen and oxygen atoms in total. The largest absolute Gasteiger partial charge is 0.465 e. The van der Waals surface area contributed by atoms with Crippen LogP contribution in [0.25, 0.3) is 0 Å². The van der Waals surface area contributed by atoms with Crippen LogP contribution in [0.4, 0.5) is 0 Å². The summed E-state index contributed by atoms with van der Waals surface area (Å²) < 4.78 is 28.5. The fraction of sp³-hybridized carbons (Fsp3) is 0.300. The molecule has 1 aliphatic heterocycles. The third-order valence-electron chi connectivity index (χ3n) is 2.33. The molecule has 0 aromatic heterocycles. The van der Waals surface area contributed by atoms with E-state index in [-0.39, 0.29) is 17.9 Å². The van der Waals surface area contributed by atoms with Crippen molar-refractivity contribution < 1.29 is 17.9 Å². The predicted octanol–water partition coefficient (Wildman–Crippen LogP) is 0.776. The van der Waals surface area contributed by atoms with Gasteiger partial charge in [-0.15, -0.1) is 0 Å². The zero-order chi connectivity index (χ0) is 10.9. The van der Waals surface area contributed by atoms with E-state index in [0.717, 1.165) is 0 Å². The second-order valence-corrected chi connectivity index (χ2v) is 5.43. The van der Waals surface area contributed by atoms with Crippen LogP contribution >= 0.6 is 0 Å². The second kappa shape index (κ2) is 3.66. The molecule has 15 heavy (non-hydrogen) atoms. The number of rotatable bonds is 2. The maximum Gasteiger partial charge on any atom is 0.324 e. The Morgan fingerprint density at radius 1 is 1.20 bits per heavy atom. The zero-order valence-electron chi connectivity index (χ0n) is 7.92. The van der Waals surface area contributed by atoms with Crippen molar-refractivity contribution in [3.05, 3.63) is 30.3 Å². The molecule has 1 heterocycles. The summed E-state index contributed by atoms with van der Waals surface area (Å²) in [6.45, 7) is 0.190. The Labute approximate surface area is 87.8 Å². The molecule has 0 spiro atoms. The van der Waals surface area contributed by atoms with Crippen LogP contribution < -0.4 is 0 Å². The van der Waals surface area contributed by atoms with Gasteiger partial charge >= 0.3 is 5.97 Å². The van der Waals surface area contributed by atoms with Gasteiger partial charge in [0.05, 0.1) is 11.5 Å². The predicted molar refractivity (Wildman–Crippen MR) is 53.0 cm³/mol. The number of esters is 1. The molecule has 1 saturated heterocycles. The number of hydrogen-bond donors (Lipinski definition) is 0. The molecule has 1 aromatic carbocycles. The highest BCUT2D eigenvalue weighted by atomic mass is 32.2. The van der Waals surface area contributed by atoms with Gasteiger partial charge in [-0.2, -0.15) is 0 Å². The lowest BCUT2D eigenvalue weighted by Crippen LogP contribution is -2.25. The minimum atomic E-state index is -3.56. The van der Waals surface area contributed by atoms with Gasteiger partial charge in [0.25, 0.3) is 0 Å². The van der Waals surface area contributed by atoms with Gasteiger partial charge in [-0.1, -0.05) is 18.2 Å². The molecule has 0 N–H and O–H groups in total. The van der Waals surface area contributed by atoms with Gasteiger partial charge in [-0.3, -0.25) is 4.79 Å². The summed E-state index contributed by atoms with van der Waals surface area (Å²) in [6, 6.07) is 7.97. The fourth-order valence-corrected chi connectivity index (χ4v) is 3.13. The van der Waals surface area contributed by atoms with Crippen LogP contribution in [0.3, 0.4) is 0 Å². The minimum absolute atomic E-state index is 0.175. The second-order valence-electron chi connectivity index (χ2n) is 3.30. The number of sulfone groups is 1. The van der Waals surface area contributed by atoms with E-state index < -0.39 is 21.1 Å². The van der Waals surface area contributed by atoms with E-state index in [9.17, 15) is 13.2 Å². The van der Waals surface area contributed by atoms with E-state index in [0.29, 0.717) is 0 Å². The lowest BCUT2D eigenvalue weighted by Gasteiger charge is -2.07. The summed E-state index contributed by atoms with van der Waals surface area (Å²) in [6.07, 6.45) is 0.246. The molecule has 80 valence electrons. The number of cyclic esters (lactones) is 1. The van der Waals surface area contributed by atoms with Crippen LogP contribution in [0.1, 0.15) is 6.42 Å². The zero-order valence-corrected chi connectivity index (χ0v) is 8.74.